The van der Waals surface area contributed by atoms with Gasteiger partial charge in [0.1, 0.15) is 11.6 Å². The van der Waals surface area contributed by atoms with Crippen molar-refractivity contribution in [1.29, 1.82) is 0 Å². The van der Waals surface area contributed by atoms with Gasteiger partial charge in [-0.3, -0.25) is 9.20 Å². The number of halogens is 1. The zero-order valence-electron chi connectivity index (χ0n) is 17.5. The van der Waals surface area contributed by atoms with Crippen LogP contribution in [0, 0.1) is 12.7 Å². The van der Waals surface area contributed by atoms with E-state index in [4.69, 9.17) is 4.74 Å². The molecular formula is C24H21FN2O4S. The quantitative estimate of drug-likeness (QED) is 0.321. The van der Waals surface area contributed by atoms with E-state index in [1.54, 1.807) is 30.3 Å². The first-order valence-corrected chi connectivity index (χ1v) is 10.6. The Morgan fingerprint density at radius 2 is 1.97 bits per heavy atom. The lowest BCUT2D eigenvalue weighted by molar-refractivity contribution is 0.104. The van der Waals surface area contributed by atoms with Crippen molar-refractivity contribution in [3.8, 4) is 17.0 Å². The molecule has 4 aromatic rings. The number of carbonyl (C=O) groups excluding carboxylic acids is 1. The number of aromatic nitrogens is 2. The zero-order chi connectivity index (χ0) is 22.8. The smallest absolute Gasteiger partial charge is 0.194 e. The molecule has 0 saturated heterocycles. The van der Waals surface area contributed by atoms with Crippen LogP contribution in [0.15, 0.2) is 48.7 Å². The van der Waals surface area contributed by atoms with Crippen LogP contribution in [-0.4, -0.2) is 32.5 Å². The topological polar surface area (TPSA) is 84.1 Å². The fraction of sp³-hybridized carbons (Fsp3) is 0.167. The van der Waals surface area contributed by atoms with Gasteiger partial charge in [-0.1, -0.05) is 0 Å². The number of imidazole rings is 1. The van der Waals surface area contributed by atoms with Gasteiger partial charge >= 0.3 is 0 Å². The third-order valence-electron chi connectivity index (χ3n) is 5.12. The summed E-state index contributed by atoms with van der Waals surface area (Å²) in [5.41, 5.74) is 3.28. The van der Waals surface area contributed by atoms with Crippen LogP contribution in [0.4, 0.5) is 4.39 Å². The second-order valence-electron chi connectivity index (χ2n) is 7.18. The van der Waals surface area contributed by atoms with Gasteiger partial charge in [0.2, 0.25) is 0 Å². The summed E-state index contributed by atoms with van der Waals surface area (Å²) in [6.07, 6.45) is 5.05. The molecule has 8 heteroatoms. The lowest BCUT2D eigenvalue weighted by Crippen LogP contribution is -2.04. The highest BCUT2D eigenvalue weighted by Crippen LogP contribution is 2.30. The third-order valence-corrected chi connectivity index (χ3v) is 6.02. The number of thiazole rings is 1. The number of aliphatic hydroxyl groups excluding tert-OH is 2. The average Bonchev–Trinajstić information content (AvgIpc) is 3.32. The van der Waals surface area contributed by atoms with Crippen molar-refractivity contribution < 1.29 is 24.1 Å². The minimum absolute atomic E-state index is 0.297. The largest absolute Gasteiger partial charge is 0.496 e. The molecule has 0 bridgehead atoms. The molecule has 0 atom stereocenters. The maximum Gasteiger partial charge on any atom is 0.194 e. The molecule has 0 aliphatic carbocycles. The Balaban J connectivity index is 1.76. The number of fused-ring (bicyclic) bond motifs is 1. The summed E-state index contributed by atoms with van der Waals surface area (Å²) < 4.78 is 20.6. The second kappa shape index (κ2) is 9.04. The highest BCUT2D eigenvalue weighted by atomic mass is 32.1. The van der Waals surface area contributed by atoms with Gasteiger partial charge in [-0.05, 0) is 61.0 Å². The summed E-state index contributed by atoms with van der Waals surface area (Å²) in [6, 6.07) is 9.14. The maximum atomic E-state index is 13.4. The van der Waals surface area contributed by atoms with E-state index in [2.05, 4.69) is 4.98 Å². The first-order chi connectivity index (χ1) is 15.4. The molecule has 164 valence electrons. The minimum atomic E-state index is -0.335. The van der Waals surface area contributed by atoms with E-state index in [9.17, 15) is 19.4 Å². The predicted molar refractivity (Wildman–Crippen MR) is 121 cm³/mol. The molecule has 2 N–H and O–H groups in total. The number of ether oxygens (including phenoxy) is 1. The SMILES string of the molecule is COc1cc(C(=O)C=Cc2c(-c3ccc(F)cc3)nc3sc(C)cn23)cc(CO)c1CO. The lowest BCUT2D eigenvalue weighted by atomic mass is 10.0. The molecule has 6 nitrogen and oxygen atoms in total. The van der Waals surface area contributed by atoms with E-state index in [1.165, 1.54) is 36.7 Å². The molecule has 2 aromatic heterocycles. The van der Waals surface area contributed by atoms with Crippen molar-refractivity contribution in [2.45, 2.75) is 20.1 Å². The van der Waals surface area contributed by atoms with Crippen LogP contribution in [-0.2, 0) is 13.2 Å². The van der Waals surface area contributed by atoms with Crippen molar-refractivity contribution in [2.75, 3.05) is 7.11 Å². The molecule has 2 heterocycles. The highest BCUT2D eigenvalue weighted by molar-refractivity contribution is 7.17. The van der Waals surface area contributed by atoms with Crippen LogP contribution in [0.1, 0.15) is 32.1 Å². The van der Waals surface area contributed by atoms with Gasteiger partial charge in [0.25, 0.3) is 0 Å². The van der Waals surface area contributed by atoms with E-state index >= 15 is 0 Å². The van der Waals surface area contributed by atoms with Gasteiger partial charge in [0.15, 0.2) is 10.7 Å². The van der Waals surface area contributed by atoms with Crippen LogP contribution in [0.2, 0.25) is 0 Å². The van der Waals surface area contributed by atoms with Crippen molar-refractivity contribution >= 4 is 28.2 Å². The number of aryl methyl sites for hydroxylation is 1. The summed E-state index contributed by atoms with van der Waals surface area (Å²) in [5, 5.41) is 19.2. The van der Waals surface area contributed by atoms with Gasteiger partial charge in [-0.2, -0.15) is 0 Å². The van der Waals surface area contributed by atoms with Crippen LogP contribution < -0.4 is 4.74 Å². The molecule has 0 saturated carbocycles. The average molecular weight is 453 g/mol. The maximum absolute atomic E-state index is 13.4. The van der Waals surface area contributed by atoms with E-state index in [0.29, 0.717) is 33.8 Å². The molecule has 4 rings (SSSR count). The molecule has 0 spiro atoms. The minimum Gasteiger partial charge on any atom is -0.496 e. The number of benzene rings is 2. The fourth-order valence-corrected chi connectivity index (χ4v) is 4.38. The molecule has 0 amide bonds. The van der Waals surface area contributed by atoms with Crippen molar-refractivity contribution in [1.82, 2.24) is 9.38 Å². The number of rotatable bonds is 7. The van der Waals surface area contributed by atoms with Crippen molar-refractivity contribution in [3.63, 3.8) is 0 Å². The number of hydrogen-bond acceptors (Lipinski definition) is 6. The summed E-state index contributed by atoms with van der Waals surface area (Å²) >= 11 is 1.52. The summed E-state index contributed by atoms with van der Waals surface area (Å²) in [6.45, 7) is 1.33. The number of ketones is 1. The van der Waals surface area contributed by atoms with Gasteiger partial charge in [-0.25, -0.2) is 9.37 Å². The molecule has 0 radical (unpaired) electrons. The Labute approximate surface area is 187 Å². The number of methoxy groups -OCH3 is 1. The van der Waals surface area contributed by atoms with Crippen LogP contribution in [0.25, 0.3) is 22.3 Å². The molecule has 2 aromatic carbocycles. The van der Waals surface area contributed by atoms with Crippen LogP contribution in [0.3, 0.4) is 0 Å². The standard InChI is InChI=1S/C24H21FN2O4S/c1-14-11-27-20(23(26-24(27)32-14)15-3-5-18(25)6-4-15)7-8-21(30)16-9-17(12-28)19(13-29)22(10-16)31-2/h3-11,28-29H,12-13H2,1-2H3. The van der Waals surface area contributed by atoms with Crippen LogP contribution >= 0.6 is 11.3 Å². The summed E-state index contributed by atoms with van der Waals surface area (Å²) in [4.78, 5) is 19.5. The van der Waals surface area contributed by atoms with Crippen molar-refractivity contribution in [2.24, 2.45) is 0 Å². The van der Waals surface area contributed by atoms with E-state index < -0.39 is 0 Å². The number of hydrogen-bond donors (Lipinski definition) is 2. The molecule has 0 unspecified atom stereocenters. The first-order valence-electron chi connectivity index (χ1n) is 9.83. The molecule has 0 fully saturated rings. The summed E-state index contributed by atoms with van der Waals surface area (Å²) in [7, 11) is 1.44. The normalized spacial score (nSPS) is 11.5. The van der Waals surface area contributed by atoms with E-state index in [1.807, 2.05) is 17.5 Å². The number of carbonyl (C=O) groups is 1. The van der Waals surface area contributed by atoms with E-state index in [-0.39, 0.29) is 24.8 Å². The van der Waals surface area contributed by atoms with Gasteiger partial charge in [0, 0.05) is 27.8 Å². The molecule has 0 aliphatic rings. The molecular weight excluding hydrogens is 431 g/mol. The monoisotopic (exact) mass is 452 g/mol. The Kier molecular flexibility index (Phi) is 6.18. The lowest BCUT2D eigenvalue weighted by Gasteiger charge is -2.12. The second-order valence-corrected chi connectivity index (χ2v) is 8.39. The Morgan fingerprint density at radius 3 is 2.62 bits per heavy atom. The van der Waals surface area contributed by atoms with Gasteiger partial charge < -0.3 is 14.9 Å². The Bertz CT molecular complexity index is 1300. The third kappa shape index (κ3) is 4.08. The molecule has 0 aliphatic heterocycles. The van der Waals surface area contributed by atoms with E-state index in [0.717, 1.165) is 15.4 Å². The fourth-order valence-electron chi connectivity index (χ4n) is 3.55. The first kappa shape index (κ1) is 21.9. The highest BCUT2D eigenvalue weighted by Gasteiger charge is 2.16. The van der Waals surface area contributed by atoms with Crippen molar-refractivity contribution in [3.05, 3.63) is 81.7 Å². The number of nitrogens with zero attached hydrogens (tertiary/aromatic N) is 2. The number of allylic oxidation sites excluding steroid dienone is 1. The predicted octanol–water partition coefficient (Wildman–Crippen LogP) is 4.40. The van der Waals surface area contributed by atoms with Gasteiger partial charge in [0.05, 0.1) is 31.7 Å². The van der Waals surface area contributed by atoms with Gasteiger partial charge in [-0.15, -0.1) is 11.3 Å². The zero-order valence-corrected chi connectivity index (χ0v) is 18.3. The Hall–Kier alpha value is -3.33. The van der Waals surface area contributed by atoms with Crippen LogP contribution in [0.5, 0.6) is 5.75 Å². The molecule has 32 heavy (non-hydrogen) atoms. The Morgan fingerprint density at radius 1 is 1.22 bits per heavy atom. The number of aliphatic hydroxyl groups is 2. The summed E-state index contributed by atoms with van der Waals surface area (Å²) in [5.74, 6) is -0.296.